The fourth-order valence-corrected chi connectivity index (χ4v) is 2.50. The molecule has 0 spiro atoms. The molecule has 1 aromatic carbocycles. The van der Waals surface area contributed by atoms with Gasteiger partial charge in [-0.25, -0.2) is 0 Å². The summed E-state index contributed by atoms with van der Waals surface area (Å²) in [5.74, 6) is 0.139. The minimum atomic E-state index is -0.489. The highest BCUT2D eigenvalue weighted by molar-refractivity contribution is 5.99. The van der Waals surface area contributed by atoms with Crippen LogP contribution >= 0.6 is 0 Å². The van der Waals surface area contributed by atoms with Crippen molar-refractivity contribution in [1.29, 1.82) is 0 Å². The molecule has 1 aliphatic heterocycles. The second-order valence-electron chi connectivity index (χ2n) is 5.73. The van der Waals surface area contributed by atoms with E-state index < -0.39 is 5.41 Å². The monoisotopic (exact) mass is 246 g/mol. The molecule has 2 rings (SSSR count). The Labute approximate surface area is 109 Å². The van der Waals surface area contributed by atoms with E-state index in [-0.39, 0.29) is 5.91 Å². The van der Waals surface area contributed by atoms with Gasteiger partial charge in [-0.1, -0.05) is 18.2 Å². The Balaban J connectivity index is 2.42. The Morgan fingerprint density at radius 2 is 2.17 bits per heavy atom. The molecular weight excluding hydrogens is 224 g/mol. The van der Waals surface area contributed by atoms with Gasteiger partial charge in [0.25, 0.3) is 0 Å². The Morgan fingerprint density at radius 1 is 1.44 bits per heavy atom. The summed E-state index contributed by atoms with van der Waals surface area (Å²) in [5, 5.41) is 0. The number of hydrogen-bond acceptors (Lipinski definition) is 2. The molecule has 1 aromatic rings. The summed E-state index contributed by atoms with van der Waals surface area (Å²) in [5.41, 5.74) is 8.80. The van der Waals surface area contributed by atoms with E-state index in [9.17, 15) is 4.79 Å². The highest BCUT2D eigenvalue weighted by Crippen LogP contribution is 2.33. The number of carbonyl (C=O) groups excluding carboxylic acids is 1. The molecule has 0 aromatic heterocycles. The smallest absolute Gasteiger partial charge is 0.233 e. The van der Waals surface area contributed by atoms with Crippen LogP contribution in [0.25, 0.3) is 0 Å². The third kappa shape index (κ3) is 2.15. The first-order valence-electron chi connectivity index (χ1n) is 6.58. The molecule has 0 radical (unpaired) electrons. The zero-order valence-electron chi connectivity index (χ0n) is 11.5. The maximum absolute atomic E-state index is 12.6. The number of nitrogens with zero attached hydrogens (tertiary/aromatic N) is 1. The number of amides is 1. The normalized spacial score (nSPS) is 15.4. The standard InChI is InChI=1S/C15H22N2O/c1-11-6-4-7-12-8-5-9-17(13(11)12)14(18)15(2,3)10-16/h4,6-7H,5,8-10,16H2,1-3H3. The van der Waals surface area contributed by atoms with Gasteiger partial charge in [0.1, 0.15) is 0 Å². The van der Waals surface area contributed by atoms with Crippen LogP contribution in [-0.2, 0) is 11.2 Å². The van der Waals surface area contributed by atoms with Crippen molar-refractivity contribution in [3.05, 3.63) is 29.3 Å². The number of aryl methyl sites for hydroxylation is 2. The second kappa shape index (κ2) is 4.73. The van der Waals surface area contributed by atoms with Crippen LogP contribution in [0, 0.1) is 12.3 Å². The lowest BCUT2D eigenvalue weighted by molar-refractivity contribution is -0.126. The number of fused-ring (bicyclic) bond motifs is 1. The van der Waals surface area contributed by atoms with Gasteiger partial charge >= 0.3 is 0 Å². The molecule has 1 heterocycles. The van der Waals surface area contributed by atoms with Crippen molar-refractivity contribution in [1.82, 2.24) is 0 Å². The van der Waals surface area contributed by atoms with Crippen LogP contribution in [0.1, 0.15) is 31.4 Å². The van der Waals surface area contributed by atoms with Gasteiger partial charge in [0, 0.05) is 18.8 Å². The average Bonchev–Trinajstić information content (AvgIpc) is 2.37. The molecule has 1 aliphatic rings. The number of rotatable bonds is 2. The van der Waals surface area contributed by atoms with Gasteiger partial charge in [-0.2, -0.15) is 0 Å². The zero-order valence-corrected chi connectivity index (χ0v) is 11.5. The zero-order chi connectivity index (χ0) is 13.3. The van der Waals surface area contributed by atoms with Gasteiger partial charge < -0.3 is 10.6 Å². The van der Waals surface area contributed by atoms with Gasteiger partial charge in [0.2, 0.25) is 5.91 Å². The lowest BCUT2D eigenvalue weighted by Crippen LogP contribution is -2.47. The number of anilines is 1. The first kappa shape index (κ1) is 13.1. The summed E-state index contributed by atoms with van der Waals surface area (Å²) in [7, 11) is 0. The maximum Gasteiger partial charge on any atom is 0.233 e. The molecule has 1 amide bonds. The van der Waals surface area contributed by atoms with Gasteiger partial charge in [-0.3, -0.25) is 4.79 Å². The van der Waals surface area contributed by atoms with E-state index in [4.69, 9.17) is 5.73 Å². The molecule has 0 fully saturated rings. The van der Waals surface area contributed by atoms with Crippen LogP contribution in [0.5, 0.6) is 0 Å². The number of nitrogens with two attached hydrogens (primary N) is 1. The third-order valence-electron chi connectivity index (χ3n) is 3.75. The van der Waals surface area contributed by atoms with E-state index in [1.165, 1.54) is 11.1 Å². The third-order valence-corrected chi connectivity index (χ3v) is 3.75. The van der Waals surface area contributed by atoms with Crippen molar-refractivity contribution in [2.45, 2.75) is 33.6 Å². The molecule has 98 valence electrons. The molecule has 0 aliphatic carbocycles. The van der Waals surface area contributed by atoms with Gasteiger partial charge in [-0.05, 0) is 44.7 Å². The first-order chi connectivity index (χ1) is 8.47. The fraction of sp³-hybridized carbons (Fsp3) is 0.533. The summed E-state index contributed by atoms with van der Waals surface area (Å²) < 4.78 is 0. The molecule has 0 bridgehead atoms. The quantitative estimate of drug-likeness (QED) is 0.870. The predicted molar refractivity (Wildman–Crippen MR) is 74.7 cm³/mol. The molecule has 0 unspecified atom stereocenters. The lowest BCUT2D eigenvalue weighted by Gasteiger charge is -2.36. The molecule has 0 saturated carbocycles. The largest absolute Gasteiger partial charge is 0.329 e. The first-order valence-corrected chi connectivity index (χ1v) is 6.58. The van der Waals surface area contributed by atoms with Gasteiger partial charge in [0.15, 0.2) is 0 Å². The molecule has 2 N–H and O–H groups in total. The SMILES string of the molecule is Cc1cccc2c1N(C(=O)C(C)(C)CN)CCC2. The summed E-state index contributed by atoms with van der Waals surface area (Å²) >= 11 is 0. The van der Waals surface area contributed by atoms with Crippen LogP contribution in [0.15, 0.2) is 18.2 Å². The Kier molecular flexibility index (Phi) is 3.44. The van der Waals surface area contributed by atoms with Crippen LogP contribution < -0.4 is 10.6 Å². The number of carbonyl (C=O) groups is 1. The highest BCUT2D eigenvalue weighted by atomic mass is 16.2. The van der Waals surface area contributed by atoms with Crippen LogP contribution in [0.2, 0.25) is 0 Å². The van der Waals surface area contributed by atoms with Crippen molar-refractivity contribution in [2.75, 3.05) is 18.0 Å². The van der Waals surface area contributed by atoms with Gasteiger partial charge in [0.05, 0.1) is 5.41 Å². The number of para-hydroxylation sites is 1. The predicted octanol–water partition coefficient (Wildman–Crippen LogP) is 2.26. The van der Waals surface area contributed by atoms with Crippen LogP contribution in [-0.4, -0.2) is 19.0 Å². The van der Waals surface area contributed by atoms with E-state index in [2.05, 4.69) is 25.1 Å². The Morgan fingerprint density at radius 3 is 2.83 bits per heavy atom. The lowest BCUT2D eigenvalue weighted by atomic mass is 9.89. The fourth-order valence-electron chi connectivity index (χ4n) is 2.50. The average molecular weight is 246 g/mol. The van der Waals surface area contributed by atoms with E-state index >= 15 is 0 Å². The van der Waals surface area contributed by atoms with E-state index in [0.717, 1.165) is 25.1 Å². The second-order valence-corrected chi connectivity index (χ2v) is 5.73. The summed E-state index contributed by atoms with van der Waals surface area (Å²) in [6.45, 7) is 7.09. The molecular formula is C15H22N2O. The maximum atomic E-state index is 12.6. The minimum absolute atomic E-state index is 0.139. The summed E-state index contributed by atoms with van der Waals surface area (Å²) in [4.78, 5) is 14.5. The van der Waals surface area contributed by atoms with Gasteiger partial charge in [-0.15, -0.1) is 0 Å². The highest BCUT2D eigenvalue weighted by Gasteiger charge is 2.34. The van der Waals surface area contributed by atoms with Crippen molar-refractivity contribution >= 4 is 11.6 Å². The molecule has 3 nitrogen and oxygen atoms in total. The van der Waals surface area contributed by atoms with Crippen molar-refractivity contribution in [3.63, 3.8) is 0 Å². The molecule has 0 saturated heterocycles. The number of benzene rings is 1. The Bertz CT molecular complexity index is 466. The Hall–Kier alpha value is -1.35. The summed E-state index contributed by atoms with van der Waals surface area (Å²) in [6.07, 6.45) is 2.09. The summed E-state index contributed by atoms with van der Waals surface area (Å²) in [6, 6.07) is 6.26. The number of hydrogen-bond donors (Lipinski definition) is 1. The van der Waals surface area contributed by atoms with Crippen LogP contribution in [0.3, 0.4) is 0 Å². The molecule has 18 heavy (non-hydrogen) atoms. The van der Waals surface area contributed by atoms with E-state index in [0.29, 0.717) is 6.54 Å². The van der Waals surface area contributed by atoms with E-state index in [1.54, 1.807) is 0 Å². The van der Waals surface area contributed by atoms with Crippen molar-refractivity contribution in [2.24, 2.45) is 11.1 Å². The van der Waals surface area contributed by atoms with E-state index in [1.807, 2.05) is 18.7 Å². The van der Waals surface area contributed by atoms with Crippen molar-refractivity contribution < 1.29 is 4.79 Å². The molecule has 3 heteroatoms. The van der Waals surface area contributed by atoms with Crippen LogP contribution in [0.4, 0.5) is 5.69 Å². The minimum Gasteiger partial charge on any atom is -0.329 e. The van der Waals surface area contributed by atoms with Crippen molar-refractivity contribution in [3.8, 4) is 0 Å². The molecule has 0 atom stereocenters. The topological polar surface area (TPSA) is 46.3 Å².